The van der Waals surface area contributed by atoms with Gasteiger partial charge in [-0.05, 0) is 25.8 Å². The van der Waals surface area contributed by atoms with Crippen LogP contribution >= 0.6 is 0 Å². The van der Waals surface area contributed by atoms with Gasteiger partial charge in [-0.2, -0.15) is 0 Å². The number of hydrogen-bond acceptors (Lipinski definition) is 3. The third kappa shape index (κ3) is 7.14. The van der Waals surface area contributed by atoms with Gasteiger partial charge in [-0.3, -0.25) is 9.88 Å². The molecule has 0 saturated carbocycles. The molecule has 2 aliphatic rings. The topological polar surface area (TPSA) is 43.2 Å². The van der Waals surface area contributed by atoms with E-state index in [0.29, 0.717) is 12.6 Å². The van der Waals surface area contributed by atoms with Crippen molar-refractivity contribution in [3.8, 4) is 0 Å². The Bertz CT molecular complexity index is 728. The van der Waals surface area contributed by atoms with Crippen LogP contribution < -0.4 is 68.8 Å². The quantitative estimate of drug-likeness (QED) is 0.653. The van der Waals surface area contributed by atoms with Gasteiger partial charge in [0, 0.05) is 55.8 Å². The van der Waals surface area contributed by atoms with Crippen LogP contribution in [0, 0.1) is 0 Å². The average Bonchev–Trinajstić information content (AvgIpc) is 3.05. The van der Waals surface area contributed by atoms with E-state index < -0.39 is 0 Å². The first-order valence-electron chi connectivity index (χ1n) is 10.7. The molecular formula is C23H37N4Rb. The average molecular weight is 455 g/mol. The van der Waals surface area contributed by atoms with Crippen molar-refractivity contribution in [1.29, 1.82) is 0 Å². The maximum Gasteiger partial charge on any atom is 1.00 e. The Kier molecular flexibility index (Phi) is 13.3. The van der Waals surface area contributed by atoms with Crippen molar-refractivity contribution < 1.29 is 58.2 Å². The predicted octanol–water partition coefficient (Wildman–Crippen LogP) is 0.579. The molecule has 1 N–H and O–H groups in total. The van der Waals surface area contributed by atoms with Gasteiger partial charge in [0.15, 0.2) is 0 Å². The molecule has 1 aromatic heterocycles. The molecule has 1 atom stereocenters. The van der Waals surface area contributed by atoms with Crippen molar-refractivity contribution in [3.63, 3.8) is 0 Å². The smallest absolute Gasteiger partial charge is 0.677 e. The second-order valence-corrected chi connectivity index (χ2v) is 7.22. The summed E-state index contributed by atoms with van der Waals surface area (Å²) in [7, 11) is 0. The molecule has 0 radical (unpaired) electrons. The van der Waals surface area contributed by atoms with Crippen molar-refractivity contribution in [1.82, 2.24) is 14.8 Å². The van der Waals surface area contributed by atoms with Gasteiger partial charge in [-0.25, -0.2) is 0 Å². The van der Waals surface area contributed by atoms with Crippen molar-refractivity contribution in [2.45, 2.75) is 59.4 Å². The Morgan fingerprint density at radius 3 is 2.64 bits per heavy atom. The molecule has 150 valence electrons. The van der Waals surface area contributed by atoms with E-state index >= 15 is 0 Å². The molecule has 0 spiro atoms. The van der Waals surface area contributed by atoms with Gasteiger partial charge in [0.2, 0.25) is 0 Å². The standard InChI is InChI=1S/C21H31N4.C2H6.Rb/c1-3-19(9-10-22)24-12-5-13-25(15-14-24)20-16-17(2)7-8-18-6-4-11-23-21(18)20;1-2;/h4,6-8,11,19,22H,3,5,9-10,12-16H2,1-2H3;1-2H3;/q-1;;+1. The molecule has 1 aliphatic carbocycles. The molecule has 2 heterocycles. The molecular weight excluding hydrogens is 418 g/mol. The second-order valence-electron chi connectivity index (χ2n) is 7.22. The van der Waals surface area contributed by atoms with Crippen LogP contribution in [0.5, 0.6) is 0 Å². The predicted molar refractivity (Wildman–Crippen MR) is 117 cm³/mol. The van der Waals surface area contributed by atoms with Crippen LogP contribution in [0.3, 0.4) is 0 Å². The summed E-state index contributed by atoms with van der Waals surface area (Å²) in [6.45, 7) is 13.4. The van der Waals surface area contributed by atoms with E-state index in [1.54, 1.807) is 0 Å². The number of hydrogen-bond donors (Lipinski definition) is 0. The van der Waals surface area contributed by atoms with Gasteiger partial charge < -0.3 is 10.6 Å². The Labute approximate surface area is 220 Å². The Balaban J connectivity index is 0.00000127. The minimum absolute atomic E-state index is 0. The molecule has 1 fully saturated rings. The molecule has 28 heavy (non-hydrogen) atoms. The molecule has 0 bridgehead atoms. The monoisotopic (exact) mass is 454 g/mol. The van der Waals surface area contributed by atoms with Crippen LogP contribution in [-0.2, 0) is 0 Å². The summed E-state index contributed by atoms with van der Waals surface area (Å²) in [6.07, 6.45) is 10.7. The first-order valence-corrected chi connectivity index (χ1v) is 10.7. The fraction of sp³-hybridized carbons (Fsp3) is 0.609. The van der Waals surface area contributed by atoms with Crippen LogP contribution in [0.4, 0.5) is 0 Å². The van der Waals surface area contributed by atoms with E-state index in [-0.39, 0.29) is 58.2 Å². The number of nitrogens with zero attached hydrogens (tertiary/aromatic N) is 3. The van der Waals surface area contributed by atoms with Crippen molar-refractivity contribution in [3.05, 3.63) is 46.3 Å². The Morgan fingerprint density at radius 2 is 1.93 bits per heavy atom. The fourth-order valence-electron chi connectivity index (χ4n) is 4.08. The van der Waals surface area contributed by atoms with Crippen molar-refractivity contribution >= 4 is 11.8 Å². The molecule has 0 amide bonds. The molecule has 1 saturated heterocycles. The summed E-state index contributed by atoms with van der Waals surface area (Å²) in [6, 6.07) is 4.76. The molecule has 1 aliphatic heterocycles. The van der Waals surface area contributed by atoms with Gasteiger partial charge in [0.25, 0.3) is 0 Å². The van der Waals surface area contributed by atoms with Gasteiger partial charge in [-0.1, -0.05) is 51.0 Å². The van der Waals surface area contributed by atoms with Crippen LogP contribution in [0.25, 0.3) is 17.5 Å². The number of nitrogens with one attached hydrogen (secondary N) is 1. The number of allylic oxidation sites excluding steroid dienone is 1. The molecule has 0 aromatic carbocycles. The number of pyridine rings is 1. The summed E-state index contributed by atoms with van der Waals surface area (Å²) in [5, 5.41) is 2.39. The van der Waals surface area contributed by atoms with E-state index in [2.05, 4.69) is 41.9 Å². The molecule has 3 rings (SSSR count). The Hall–Kier alpha value is 0.155. The van der Waals surface area contributed by atoms with Gasteiger partial charge in [-0.15, -0.1) is 6.54 Å². The summed E-state index contributed by atoms with van der Waals surface area (Å²) >= 11 is 0. The zero-order valence-electron chi connectivity index (χ0n) is 18.7. The van der Waals surface area contributed by atoms with E-state index in [4.69, 9.17) is 10.7 Å². The maximum atomic E-state index is 7.58. The molecule has 1 unspecified atom stereocenters. The third-order valence-electron chi connectivity index (χ3n) is 5.48. The summed E-state index contributed by atoms with van der Waals surface area (Å²) in [4.78, 5) is 9.90. The molecule has 1 aromatic rings. The van der Waals surface area contributed by atoms with E-state index in [0.717, 1.165) is 50.8 Å². The molecule has 4 nitrogen and oxygen atoms in total. The van der Waals surface area contributed by atoms with Gasteiger partial charge >= 0.3 is 58.2 Å². The van der Waals surface area contributed by atoms with Crippen LogP contribution in [-0.4, -0.2) is 53.5 Å². The van der Waals surface area contributed by atoms with Gasteiger partial charge in [0.1, 0.15) is 0 Å². The van der Waals surface area contributed by atoms with Gasteiger partial charge in [0.05, 0.1) is 5.35 Å². The van der Waals surface area contributed by atoms with Crippen molar-refractivity contribution in [2.75, 3.05) is 32.7 Å². The SMILES string of the molecule is CC.CCC(CC[NH-])N1CCCN(C2=c3ncccc3=CC=C(C)C2)CC1.[Rb+]. The maximum absolute atomic E-state index is 7.58. The summed E-state index contributed by atoms with van der Waals surface area (Å²) in [5.41, 5.74) is 10.4. The van der Waals surface area contributed by atoms with E-state index in [1.807, 2.05) is 26.1 Å². The number of fused-ring (bicyclic) bond motifs is 1. The van der Waals surface area contributed by atoms with Crippen LogP contribution in [0.15, 0.2) is 30.0 Å². The third-order valence-corrected chi connectivity index (χ3v) is 5.48. The van der Waals surface area contributed by atoms with Crippen LogP contribution in [0.1, 0.15) is 53.4 Å². The number of rotatable bonds is 5. The minimum Gasteiger partial charge on any atom is -0.677 e. The normalized spacial score (nSPS) is 18.2. The summed E-state index contributed by atoms with van der Waals surface area (Å²) in [5.74, 6) is 0. The zero-order chi connectivity index (χ0) is 19.6. The largest absolute Gasteiger partial charge is 1.00 e. The summed E-state index contributed by atoms with van der Waals surface area (Å²) < 4.78 is 0. The number of aromatic nitrogens is 1. The van der Waals surface area contributed by atoms with Crippen molar-refractivity contribution in [2.24, 2.45) is 0 Å². The zero-order valence-corrected chi connectivity index (χ0v) is 23.6. The second kappa shape index (κ2) is 14.2. The first-order chi connectivity index (χ1) is 13.2. The van der Waals surface area contributed by atoms with Crippen LogP contribution in [0.2, 0.25) is 0 Å². The fourth-order valence-corrected chi connectivity index (χ4v) is 4.08. The first kappa shape index (κ1) is 26.2. The van der Waals surface area contributed by atoms with E-state index in [9.17, 15) is 0 Å². The minimum atomic E-state index is 0. The Morgan fingerprint density at radius 1 is 1.14 bits per heavy atom. The van der Waals surface area contributed by atoms with E-state index in [1.165, 1.54) is 22.9 Å². The molecule has 5 heteroatoms.